The smallest absolute Gasteiger partial charge is 0.276 e. The number of hydrogen-bond acceptors (Lipinski definition) is 5. The molecule has 1 aromatic heterocycles. The standard InChI is InChI=1S/C12H13N3O2S/c1-2-18-12-15-14-10(17-12)8-13-11(16)9-6-4-3-5-7-9/h3-7H,2,8H2,1H3,(H,13,16). The molecular formula is C12H13N3O2S. The second-order valence-corrected chi connectivity index (χ2v) is 4.66. The average molecular weight is 263 g/mol. The number of aromatic nitrogens is 2. The minimum Gasteiger partial charge on any atom is -0.414 e. The summed E-state index contributed by atoms with van der Waals surface area (Å²) in [5.41, 5.74) is 0.611. The van der Waals surface area contributed by atoms with Crippen molar-refractivity contribution in [1.82, 2.24) is 15.5 Å². The Morgan fingerprint density at radius 2 is 2.11 bits per heavy atom. The van der Waals surface area contributed by atoms with E-state index in [0.29, 0.717) is 16.7 Å². The molecule has 0 radical (unpaired) electrons. The molecule has 1 N–H and O–H groups in total. The summed E-state index contributed by atoms with van der Waals surface area (Å²) >= 11 is 1.47. The summed E-state index contributed by atoms with van der Waals surface area (Å²) in [5.74, 6) is 1.13. The first-order chi connectivity index (χ1) is 8.79. The van der Waals surface area contributed by atoms with Crippen molar-refractivity contribution in [2.75, 3.05) is 5.75 Å². The molecule has 0 aliphatic carbocycles. The largest absolute Gasteiger partial charge is 0.414 e. The molecule has 94 valence electrons. The number of carbonyl (C=O) groups is 1. The predicted octanol–water partition coefficient (Wildman–Crippen LogP) is 2.11. The van der Waals surface area contributed by atoms with Crippen molar-refractivity contribution in [3.05, 3.63) is 41.8 Å². The van der Waals surface area contributed by atoms with Gasteiger partial charge in [0.1, 0.15) is 0 Å². The maximum Gasteiger partial charge on any atom is 0.276 e. The van der Waals surface area contributed by atoms with E-state index in [4.69, 9.17) is 4.42 Å². The van der Waals surface area contributed by atoms with E-state index in [2.05, 4.69) is 15.5 Å². The van der Waals surface area contributed by atoms with Crippen molar-refractivity contribution in [2.24, 2.45) is 0 Å². The molecule has 0 unspecified atom stereocenters. The number of nitrogens with zero attached hydrogens (tertiary/aromatic N) is 2. The van der Waals surface area contributed by atoms with E-state index < -0.39 is 0 Å². The van der Waals surface area contributed by atoms with Crippen LogP contribution in [0.25, 0.3) is 0 Å². The summed E-state index contributed by atoms with van der Waals surface area (Å²) in [6.07, 6.45) is 0. The highest BCUT2D eigenvalue weighted by Crippen LogP contribution is 2.14. The van der Waals surface area contributed by atoms with Crippen LogP contribution in [0.2, 0.25) is 0 Å². The maximum absolute atomic E-state index is 11.7. The monoisotopic (exact) mass is 263 g/mol. The molecule has 1 amide bonds. The summed E-state index contributed by atoms with van der Waals surface area (Å²) < 4.78 is 5.34. The highest BCUT2D eigenvalue weighted by atomic mass is 32.2. The maximum atomic E-state index is 11.7. The molecule has 5 nitrogen and oxygen atoms in total. The van der Waals surface area contributed by atoms with Crippen LogP contribution in [0, 0.1) is 0 Å². The number of rotatable bonds is 5. The van der Waals surface area contributed by atoms with Gasteiger partial charge in [-0.1, -0.05) is 36.9 Å². The van der Waals surface area contributed by atoms with Gasteiger partial charge in [0.05, 0.1) is 6.54 Å². The highest BCUT2D eigenvalue weighted by molar-refractivity contribution is 7.99. The van der Waals surface area contributed by atoms with Crippen molar-refractivity contribution in [3.63, 3.8) is 0 Å². The van der Waals surface area contributed by atoms with Crippen molar-refractivity contribution in [2.45, 2.75) is 18.7 Å². The van der Waals surface area contributed by atoms with E-state index in [1.807, 2.05) is 25.1 Å². The fourth-order valence-electron chi connectivity index (χ4n) is 1.34. The van der Waals surface area contributed by atoms with Crippen LogP contribution in [-0.2, 0) is 6.54 Å². The van der Waals surface area contributed by atoms with Gasteiger partial charge < -0.3 is 9.73 Å². The molecular weight excluding hydrogens is 250 g/mol. The van der Waals surface area contributed by atoms with Gasteiger partial charge in [0.15, 0.2) is 0 Å². The Labute approximate surface area is 109 Å². The van der Waals surface area contributed by atoms with E-state index in [0.717, 1.165) is 5.75 Å². The van der Waals surface area contributed by atoms with Crippen molar-refractivity contribution in [1.29, 1.82) is 0 Å². The van der Waals surface area contributed by atoms with Crippen LogP contribution in [0.1, 0.15) is 23.2 Å². The van der Waals surface area contributed by atoms with Crippen molar-refractivity contribution < 1.29 is 9.21 Å². The first-order valence-electron chi connectivity index (χ1n) is 5.58. The Bertz CT molecular complexity index is 513. The third-order valence-electron chi connectivity index (χ3n) is 2.15. The van der Waals surface area contributed by atoms with Gasteiger partial charge in [0.2, 0.25) is 5.89 Å². The lowest BCUT2D eigenvalue weighted by atomic mass is 10.2. The Morgan fingerprint density at radius 1 is 1.33 bits per heavy atom. The van der Waals surface area contributed by atoms with Gasteiger partial charge in [0.25, 0.3) is 11.1 Å². The summed E-state index contributed by atoms with van der Waals surface area (Å²) in [6, 6.07) is 9.00. The van der Waals surface area contributed by atoms with E-state index in [9.17, 15) is 4.79 Å². The van der Waals surface area contributed by atoms with Crippen LogP contribution in [0.15, 0.2) is 40.0 Å². The van der Waals surface area contributed by atoms with Gasteiger partial charge in [-0.2, -0.15) is 0 Å². The van der Waals surface area contributed by atoms with Crippen LogP contribution in [0.4, 0.5) is 0 Å². The second-order valence-electron chi connectivity index (χ2n) is 3.44. The molecule has 0 fully saturated rings. The van der Waals surface area contributed by atoms with Crippen LogP contribution in [0.5, 0.6) is 0 Å². The number of amides is 1. The molecule has 2 aromatic rings. The third-order valence-corrected chi connectivity index (χ3v) is 2.85. The van der Waals surface area contributed by atoms with Gasteiger partial charge in [-0.15, -0.1) is 10.2 Å². The lowest BCUT2D eigenvalue weighted by Crippen LogP contribution is -2.22. The molecule has 0 saturated carbocycles. The summed E-state index contributed by atoms with van der Waals surface area (Å²) in [4.78, 5) is 11.7. The second kappa shape index (κ2) is 6.20. The zero-order valence-corrected chi connectivity index (χ0v) is 10.7. The number of hydrogen-bond donors (Lipinski definition) is 1. The minimum atomic E-state index is -0.154. The number of benzene rings is 1. The first kappa shape index (κ1) is 12.6. The number of thioether (sulfide) groups is 1. The minimum absolute atomic E-state index is 0.154. The van der Waals surface area contributed by atoms with Gasteiger partial charge >= 0.3 is 0 Å². The molecule has 0 atom stereocenters. The molecule has 0 saturated heterocycles. The third kappa shape index (κ3) is 3.33. The summed E-state index contributed by atoms with van der Waals surface area (Å²) in [5, 5.41) is 11.0. The van der Waals surface area contributed by atoms with Gasteiger partial charge in [-0.3, -0.25) is 4.79 Å². The lowest BCUT2D eigenvalue weighted by molar-refractivity contribution is 0.0946. The molecule has 6 heteroatoms. The Morgan fingerprint density at radius 3 is 2.83 bits per heavy atom. The van der Waals surface area contributed by atoms with Crippen LogP contribution >= 0.6 is 11.8 Å². The predicted molar refractivity (Wildman–Crippen MR) is 68.3 cm³/mol. The zero-order valence-electron chi connectivity index (χ0n) is 9.92. The SMILES string of the molecule is CCSc1nnc(CNC(=O)c2ccccc2)o1. The first-order valence-corrected chi connectivity index (χ1v) is 6.56. The van der Waals surface area contributed by atoms with Crippen molar-refractivity contribution >= 4 is 17.7 Å². The highest BCUT2D eigenvalue weighted by Gasteiger charge is 2.08. The molecule has 2 rings (SSSR count). The lowest BCUT2D eigenvalue weighted by Gasteiger charge is -2.01. The van der Waals surface area contributed by atoms with E-state index in [1.54, 1.807) is 12.1 Å². The Kier molecular flexibility index (Phi) is 4.35. The Balaban J connectivity index is 1.89. The quantitative estimate of drug-likeness (QED) is 0.837. The normalized spacial score (nSPS) is 10.3. The summed E-state index contributed by atoms with van der Waals surface area (Å²) in [6.45, 7) is 2.25. The molecule has 1 heterocycles. The molecule has 18 heavy (non-hydrogen) atoms. The van der Waals surface area contributed by atoms with Gasteiger partial charge in [-0.25, -0.2) is 0 Å². The molecule has 0 aliphatic rings. The number of carbonyl (C=O) groups excluding carboxylic acids is 1. The molecule has 0 aliphatic heterocycles. The number of nitrogens with one attached hydrogen (secondary N) is 1. The topological polar surface area (TPSA) is 68.0 Å². The fourth-order valence-corrected chi connectivity index (χ4v) is 1.84. The van der Waals surface area contributed by atoms with Gasteiger partial charge in [-0.05, 0) is 17.9 Å². The molecule has 1 aromatic carbocycles. The zero-order chi connectivity index (χ0) is 12.8. The molecule has 0 spiro atoms. The molecule has 0 bridgehead atoms. The van der Waals surface area contributed by atoms with E-state index in [-0.39, 0.29) is 12.5 Å². The summed E-state index contributed by atoms with van der Waals surface area (Å²) in [7, 11) is 0. The van der Waals surface area contributed by atoms with E-state index in [1.165, 1.54) is 11.8 Å². The van der Waals surface area contributed by atoms with Crippen LogP contribution in [0.3, 0.4) is 0 Å². The average Bonchev–Trinajstić information content (AvgIpc) is 2.85. The Hall–Kier alpha value is -1.82. The van der Waals surface area contributed by atoms with Gasteiger partial charge in [0, 0.05) is 5.56 Å². The fraction of sp³-hybridized carbons (Fsp3) is 0.250. The van der Waals surface area contributed by atoms with Crippen molar-refractivity contribution in [3.8, 4) is 0 Å². The van der Waals surface area contributed by atoms with Crippen LogP contribution in [-0.4, -0.2) is 21.9 Å². The van der Waals surface area contributed by atoms with E-state index >= 15 is 0 Å². The van der Waals surface area contributed by atoms with Crippen LogP contribution < -0.4 is 5.32 Å².